The highest BCUT2D eigenvalue weighted by molar-refractivity contribution is 6.31. The van der Waals surface area contributed by atoms with E-state index in [1.165, 1.54) is 12.3 Å². The summed E-state index contributed by atoms with van der Waals surface area (Å²) in [5.74, 6) is -1.05. The van der Waals surface area contributed by atoms with Gasteiger partial charge in [0.15, 0.2) is 0 Å². The zero-order chi connectivity index (χ0) is 12.4. The average molecular weight is 255 g/mol. The number of H-pyrrole nitrogens is 1. The summed E-state index contributed by atoms with van der Waals surface area (Å²) in [7, 11) is 0. The van der Waals surface area contributed by atoms with Crippen molar-refractivity contribution < 1.29 is 9.18 Å². The summed E-state index contributed by atoms with van der Waals surface area (Å²) in [5.41, 5.74) is 6.07. The van der Waals surface area contributed by atoms with Crippen molar-refractivity contribution in [2.45, 2.75) is 0 Å². The van der Waals surface area contributed by atoms with E-state index in [0.717, 1.165) is 12.1 Å². The molecule has 0 saturated heterocycles. The number of amides is 1. The highest BCUT2D eigenvalue weighted by atomic mass is 35.5. The number of carbonyl (C=O) groups is 1. The number of nitrogen functional groups attached to an aromatic ring is 1. The number of carbonyl (C=O) groups excluding carboxylic acids is 1. The molecule has 1 amide bonds. The number of hydrogen-bond donors (Lipinski definition) is 3. The SMILES string of the molecule is Nc1cn[nH]c1C(=O)Nc1cc(F)cc(Cl)c1. The van der Waals surface area contributed by atoms with Gasteiger partial charge < -0.3 is 11.1 Å². The molecule has 0 aliphatic heterocycles. The molecular weight excluding hydrogens is 247 g/mol. The molecule has 0 atom stereocenters. The second-order valence-corrected chi connectivity index (χ2v) is 3.75. The lowest BCUT2D eigenvalue weighted by Gasteiger charge is -2.04. The molecule has 2 aromatic rings. The Morgan fingerprint density at radius 1 is 1.47 bits per heavy atom. The molecule has 88 valence electrons. The number of hydrogen-bond acceptors (Lipinski definition) is 3. The van der Waals surface area contributed by atoms with Gasteiger partial charge in [-0.2, -0.15) is 5.10 Å². The molecule has 2 rings (SSSR count). The van der Waals surface area contributed by atoms with Crippen molar-refractivity contribution in [2.24, 2.45) is 0 Å². The Kier molecular flexibility index (Phi) is 2.97. The topological polar surface area (TPSA) is 83.8 Å². The zero-order valence-electron chi connectivity index (χ0n) is 8.50. The zero-order valence-corrected chi connectivity index (χ0v) is 9.25. The van der Waals surface area contributed by atoms with Crippen LogP contribution in [-0.4, -0.2) is 16.1 Å². The van der Waals surface area contributed by atoms with Gasteiger partial charge in [-0.15, -0.1) is 0 Å². The second kappa shape index (κ2) is 4.42. The first kappa shape index (κ1) is 11.4. The predicted molar refractivity (Wildman–Crippen MR) is 62.4 cm³/mol. The van der Waals surface area contributed by atoms with Gasteiger partial charge in [0.2, 0.25) is 0 Å². The third-order valence-electron chi connectivity index (χ3n) is 2.02. The van der Waals surface area contributed by atoms with Crippen LogP contribution in [0.15, 0.2) is 24.4 Å². The maximum atomic E-state index is 13.0. The number of anilines is 2. The maximum Gasteiger partial charge on any atom is 0.275 e. The largest absolute Gasteiger partial charge is 0.396 e. The lowest BCUT2D eigenvalue weighted by molar-refractivity contribution is 0.102. The third-order valence-corrected chi connectivity index (χ3v) is 2.23. The van der Waals surface area contributed by atoms with Crippen LogP contribution in [0.1, 0.15) is 10.5 Å². The number of benzene rings is 1. The first-order chi connectivity index (χ1) is 8.06. The van der Waals surface area contributed by atoms with Crippen molar-refractivity contribution in [2.75, 3.05) is 11.1 Å². The Hall–Kier alpha value is -2.08. The number of rotatable bonds is 2. The summed E-state index contributed by atoms with van der Waals surface area (Å²) < 4.78 is 13.0. The molecule has 4 N–H and O–H groups in total. The number of aromatic nitrogens is 2. The lowest BCUT2D eigenvalue weighted by atomic mass is 10.3. The molecule has 0 aliphatic carbocycles. The minimum atomic E-state index is -0.537. The van der Waals surface area contributed by atoms with Gasteiger partial charge in [-0.3, -0.25) is 9.89 Å². The Bertz CT molecular complexity index is 549. The van der Waals surface area contributed by atoms with E-state index in [-0.39, 0.29) is 22.1 Å². The Balaban J connectivity index is 2.21. The molecule has 1 aromatic carbocycles. The summed E-state index contributed by atoms with van der Waals surface area (Å²) in [6.45, 7) is 0. The van der Waals surface area contributed by atoms with Crippen LogP contribution in [-0.2, 0) is 0 Å². The fourth-order valence-corrected chi connectivity index (χ4v) is 1.52. The van der Waals surface area contributed by atoms with E-state index in [1.807, 2.05) is 0 Å². The van der Waals surface area contributed by atoms with Crippen LogP contribution in [0.3, 0.4) is 0 Å². The molecule has 0 radical (unpaired) electrons. The monoisotopic (exact) mass is 254 g/mol. The van der Waals surface area contributed by atoms with E-state index >= 15 is 0 Å². The van der Waals surface area contributed by atoms with Gasteiger partial charge in [-0.05, 0) is 18.2 Å². The van der Waals surface area contributed by atoms with Crippen LogP contribution in [0.5, 0.6) is 0 Å². The van der Waals surface area contributed by atoms with E-state index in [0.29, 0.717) is 0 Å². The molecule has 0 spiro atoms. The summed E-state index contributed by atoms with van der Waals surface area (Å²) in [6, 6.07) is 3.72. The quantitative estimate of drug-likeness (QED) is 0.767. The number of nitrogens with two attached hydrogens (primary N) is 1. The molecule has 0 saturated carbocycles. The smallest absolute Gasteiger partial charge is 0.275 e. The average Bonchev–Trinajstić information content (AvgIpc) is 2.62. The first-order valence-electron chi connectivity index (χ1n) is 4.62. The van der Waals surface area contributed by atoms with E-state index in [9.17, 15) is 9.18 Å². The van der Waals surface area contributed by atoms with Crippen molar-refractivity contribution in [3.05, 3.63) is 40.9 Å². The summed E-state index contributed by atoms with van der Waals surface area (Å²) >= 11 is 5.65. The summed E-state index contributed by atoms with van der Waals surface area (Å²) in [6.07, 6.45) is 1.31. The molecule has 1 heterocycles. The van der Waals surface area contributed by atoms with E-state index < -0.39 is 11.7 Å². The summed E-state index contributed by atoms with van der Waals surface area (Å²) in [5, 5.41) is 8.69. The minimum absolute atomic E-state index is 0.116. The number of nitrogens with zero attached hydrogens (tertiary/aromatic N) is 1. The Morgan fingerprint density at radius 2 is 2.24 bits per heavy atom. The Morgan fingerprint density at radius 3 is 2.82 bits per heavy atom. The van der Waals surface area contributed by atoms with Crippen molar-refractivity contribution >= 4 is 28.9 Å². The molecule has 1 aromatic heterocycles. The standard InChI is InChI=1S/C10H8ClFN4O/c11-5-1-6(12)3-7(2-5)15-10(17)9-8(13)4-14-16-9/h1-4H,13H2,(H,14,16)(H,15,17). The molecule has 0 bridgehead atoms. The van der Waals surface area contributed by atoms with Gasteiger partial charge in [0.05, 0.1) is 11.9 Å². The van der Waals surface area contributed by atoms with Crippen LogP contribution in [0.25, 0.3) is 0 Å². The second-order valence-electron chi connectivity index (χ2n) is 3.31. The van der Waals surface area contributed by atoms with Crippen LogP contribution < -0.4 is 11.1 Å². The molecule has 0 fully saturated rings. The van der Waals surface area contributed by atoms with Crippen LogP contribution in [0.4, 0.5) is 15.8 Å². The van der Waals surface area contributed by atoms with Crippen LogP contribution >= 0.6 is 11.6 Å². The van der Waals surface area contributed by atoms with Gasteiger partial charge in [0.25, 0.3) is 5.91 Å². The van der Waals surface area contributed by atoms with Crippen molar-refractivity contribution in [1.82, 2.24) is 10.2 Å². The van der Waals surface area contributed by atoms with Crippen molar-refractivity contribution in [3.63, 3.8) is 0 Å². The molecule has 0 aliphatic rings. The Labute approximate surface area is 101 Å². The van der Waals surface area contributed by atoms with Crippen LogP contribution in [0, 0.1) is 5.82 Å². The fraction of sp³-hybridized carbons (Fsp3) is 0. The van der Waals surface area contributed by atoms with E-state index in [2.05, 4.69) is 15.5 Å². The fourth-order valence-electron chi connectivity index (χ4n) is 1.30. The normalized spacial score (nSPS) is 10.2. The van der Waals surface area contributed by atoms with Gasteiger partial charge in [0, 0.05) is 10.7 Å². The molecule has 17 heavy (non-hydrogen) atoms. The van der Waals surface area contributed by atoms with Gasteiger partial charge in [-0.1, -0.05) is 11.6 Å². The van der Waals surface area contributed by atoms with Crippen molar-refractivity contribution in [1.29, 1.82) is 0 Å². The van der Waals surface area contributed by atoms with E-state index in [1.54, 1.807) is 0 Å². The highest BCUT2D eigenvalue weighted by Gasteiger charge is 2.12. The maximum absolute atomic E-state index is 13.0. The summed E-state index contributed by atoms with van der Waals surface area (Å²) in [4.78, 5) is 11.7. The van der Waals surface area contributed by atoms with Gasteiger partial charge in [-0.25, -0.2) is 4.39 Å². The highest BCUT2D eigenvalue weighted by Crippen LogP contribution is 2.19. The molecule has 7 heteroatoms. The third kappa shape index (κ3) is 2.54. The molecular formula is C10H8ClFN4O. The van der Waals surface area contributed by atoms with Gasteiger partial charge in [0.1, 0.15) is 11.5 Å². The predicted octanol–water partition coefficient (Wildman–Crippen LogP) is 2.04. The van der Waals surface area contributed by atoms with Gasteiger partial charge >= 0.3 is 0 Å². The minimum Gasteiger partial charge on any atom is -0.396 e. The molecule has 5 nitrogen and oxygen atoms in total. The number of halogens is 2. The van der Waals surface area contributed by atoms with Crippen molar-refractivity contribution in [3.8, 4) is 0 Å². The molecule has 0 unspecified atom stereocenters. The number of aromatic amines is 1. The van der Waals surface area contributed by atoms with E-state index in [4.69, 9.17) is 17.3 Å². The lowest BCUT2D eigenvalue weighted by Crippen LogP contribution is -2.14. The number of nitrogens with one attached hydrogen (secondary N) is 2. The van der Waals surface area contributed by atoms with Crippen LogP contribution in [0.2, 0.25) is 5.02 Å². The first-order valence-corrected chi connectivity index (χ1v) is 5.00.